The second kappa shape index (κ2) is 3.18. The van der Waals surface area contributed by atoms with Crippen LogP contribution in [0.4, 0.5) is 0 Å². The molecule has 0 saturated carbocycles. The van der Waals surface area contributed by atoms with Crippen LogP contribution in [-0.4, -0.2) is 24.6 Å². The van der Waals surface area contributed by atoms with Crippen LogP contribution in [0.1, 0.15) is 20.3 Å². The molecule has 2 aliphatic heterocycles. The fourth-order valence-corrected chi connectivity index (χ4v) is 4.34. The molecule has 0 amide bonds. The molecular weight excluding hydrogens is 244 g/mol. The molecule has 2 saturated heterocycles. The molecule has 0 aromatic heterocycles. The maximum absolute atomic E-state index is 12.6. The maximum atomic E-state index is 12.6. The van der Waals surface area contributed by atoms with E-state index < -0.39 is 11.7 Å². The summed E-state index contributed by atoms with van der Waals surface area (Å²) in [6.07, 6.45) is 5.82. The topological polar surface area (TPSA) is 52.6 Å². The molecule has 2 aliphatic carbocycles. The van der Waals surface area contributed by atoms with E-state index in [0.717, 1.165) is 12.0 Å². The molecule has 0 N–H and O–H groups in total. The van der Waals surface area contributed by atoms with Gasteiger partial charge in [0, 0.05) is 0 Å². The minimum absolute atomic E-state index is 0.0366. The molecule has 1 spiro atoms. The van der Waals surface area contributed by atoms with E-state index in [9.17, 15) is 9.59 Å². The van der Waals surface area contributed by atoms with Gasteiger partial charge in [-0.3, -0.25) is 9.59 Å². The fourth-order valence-electron chi connectivity index (χ4n) is 4.34. The minimum Gasteiger partial charge on any atom is -0.434 e. The molecule has 0 aromatic rings. The Morgan fingerprint density at radius 2 is 2.11 bits per heavy atom. The van der Waals surface area contributed by atoms with E-state index in [1.807, 2.05) is 6.08 Å². The van der Waals surface area contributed by atoms with Crippen LogP contribution in [0, 0.1) is 22.7 Å². The SMILES string of the molecule is CC1(C)C=CC(=O)C23C(=O)OC4OCC(=CCC12)C43. The third-order valence-electron chi connectivity index (χ3n) is 5.27. The lowest BCUT2D eigenvalue weighted by atomic mass is 9.50. The predicted molar refractivity (Wildman–Crippen MR) is 65.9 cm³/mol. The predicted octanol–water partition coefficient (Wildman–Crippen LogP) is 1.61. The fraction of sp³-hybridized carbons (Fsp3) is 0.600. The van der Waals surface area contributed by atoms with Crippen molar-refractivity contribution >= 4 is 11.8 Å². The first-order valence-corrected chi connectivity index (χ1v) is 6.73. The third-order valence-corrected chi connectivity index (χ3v) is 5.27. The van der Waals surface area contributed by atoms with Crippen molar-refractivity contribution in [2.24, 2.45) is 22.7 Å². The van der Waals surface area contributed by atoms with Crippen molar-refractivity contribution in [2.75, 3.05) is 6.61 Å². The quantitative estimate of drug-likeness (QED) is 0.377. The van der Waals surface area contributed by atoms with E-state index in [4.69, 9.17) is 9.47 Å². The third kappa shape index (κ3) is 1.10. The smallest absolute Gasteiger partial charge is 0.323 e. The minimum atomic E-state index is -1.04. The zero-order valence-electron chi connectivity index (χ0n) is 11.0. The lowest BCUT2D eigenvalue weighted by molar-refractivity contribution is -0.166. The molecule has 100 valence electrons. The number of ketones is 1. The molecule has 0 radical (unpaired) electrons. The monoisotopic (exact) mass is 260 g/mol. The molecule has 4 unspecified atom stereocenters. The summed E-state index contributed by atoms with van der Waals surface area (Å²) in [5.74, 6) is -0.744. The van der Waals surface area contributed by atoms with Gasteiger partial charge in [0.1, 0.15) is 5.41 Å². The Morgan fingerprint density at radius 3 is 2.89 bits per heavy atom. The lowest BCUT2D eigenvalue weighted by Crippen LogP contribution is -2.55. The van der Waals surface area contributed by atoms with E-state index in [-0.39, 0.29) is 29.0 Å². The number of carbonyl (C=O) groups is 2. The molecule has 2 heterocycles. The van der Waals surface area contributed by atoms with E-state index >= 15 is 0 Å². The number of carbonyl (C=O) groups excluding carboxylic acids is 2. The second-order valence-electron chi connectivity index (χ2n) is 6.52. The molecule has 4 rings (SSSR count). The first-order chi connectivity index (χ1) is 8.98. The number of allylic oxidation sites excluding steroid dienone is 3. The molecule has 19 heavy (non-hydrogen) atoms. The van der Waals surface area contributed by atoms with Crippen LogP contribution < -0.4 is 0 Å². The summed E-state index contributed by atoms with van der Waals surface area (Å²) in [6, 6.07) is 0. The number of hydrogen-bond acceptors (Lipinski definition) is 4. The Hall–Kier alpha value is -1.42. The zero-order chi connectivity index (χ0) is 13.4. The summed E-state index contributed by atoms with van der Waals surface area (Å²) in [7, 11) is 0. The molecule has 4 aliphatic rings. The highest BCUT2D eigenvalue weighted by Gasteiger charge is 2.72. The highest BCUT2D eigenvalue weighted by atomic mass is 16.7. The Bertz CT molecular complexity index is 556. The van der Waals surface area contributed by atoms with Crippen LogP contribution in [-0.2, 0) is 19.1 Å². The summed E-state index contributed by atoms with van der Waals surface area (Å²) in [6.45, 7) is 4.64. The second-order valence-corrected chi connectivity index (χ2v) is 6.52. The molecule has 4 heteroatoms. The van der Waals surface area contributed by atoms with Gasteiger partial charge in [-0.15, -0.1) is 0 Å². The summed E-state index contributed by atoms with van der Waals surface area (Å²) in [4.78, 5) is 25.0. The maximum Gasteiger partial charge on any atom is 0.323 e. The van der Waals surface area contributed by atoms with E-state index in [0.29, 0.717) is 6.61 Å². The number of ether oxygens (including phenoxy) is 2. The molecule has 0 aromatic carbocycles. The van der Waals surface area contributed by atoms with Crippen molar-refractivity contribution in [1.29, 1.82) is 0 Å². The Balaban J connectivity index is 1.99. The van der Waals surface area contributed by atoms with E-state index in [1.54, 1.807) is 6.08 Å². The summed E-state index contributed by atoms with van der Waals surface area (Å²) in [5.41, 5.74) is -0.165. The normalized spacial score (nSPS) is 45.6. The molecule has 0 bridgehead atoms. The number of esters is 1. The van der Waals surface area contributed by atoms with Gasteiger partial charge in [0.2, 0.25) is 6.29 Å². The Morgan fingerprint density at radius 1 is 1.32 bits per heavy atom. The first kappa shape index (κ1) is 11.4. The van der Waals surface area contributed by atoms with E-state index in [2.05, 4.69) is 19.9 Å². The lowest BCUT2D eigenvalue weighted by Gasteiger charge is -2.48. The Kier molecular flexibility index (Phi) is 1.91. The highest BCUT2D eigenvalue weighted by molar-refractivity contribution is 6.12. The van der Waals surface area contributed by atoms with Crippen LogP contribution in [0.15, 0.2) is 23.8 Å². The van der Waals surface area contributed by atoms with Gasteiger partial charge in [-0.25, -0.2) is 0 Å². The molecule has 4 atom stereocenters. The summed E-state index contributed by atoms with van der Waals surface area (Å²) < 4.78 is 10.9. The average molecular weight is 260 g/mol. The van der Waals surface area contributed by atoms with Crippen LogP contribution in [0.3, 0.4) is 0 Å². The van der Waals surface area contributed by atoms with Crippen molar-refractivity contribution in [1.82, 2.24) is 0 Å². The number of rotatable bonds is 0. The van der Waals surface area contributed by atoms with Crippen molar-refractivity contribution in [3.63, 3.8) is 0 Å². The molecule has 4 nitrogen and oxygen atoms in total. The van der Waals surface area contributed by atoms with Gasteiger partial charge in [0.15, 0.2) is 5.78 Å². The number of hydrogen-bond donors (Lipinski definition) is 0. The van der Waals surface area contributed by atoms with E-state index in [1.165, 1.54) is 0 Å². The van der Waals surface area contributed by atoms with Crippen molar-refractivity contribution in [3.8, 4) is 0 Å². The first-order valence-electron chi connectivity index (χ1n) is 6.73. The van der Waals surface area contributed by atoms with Gasteiger partial charge in [-0.2, -0.15) is 0 Å². The zero-order valence-corrected chi connectivity index (χ0v) is 11.0. The van der Waals surface area contributed by atoms with Gasteiger partial charge in [-0.05, 0) is 29.4 Å². The van der Waals surface area contributed by atoms with Crippen LogP contribution >= 0.6 is 0 Å². The molecule has 2 fully saturated rings. The largest absolute Gasteiger partial charge is 0.434 e. The summed E-state index contributed by atoms with van der Waals surface area (Å²) >= 11 is 0. The van der Waals surface area contributed by atoms with Gasteiger partial charge < -0.3 is 9.47 Å². The van der Waals surface area contributed by atoms with Crippen LogP contribution in [0.2, 0.25) is 0 Å². The van der Waals surface area contributed by atoms with Gasteiger partial charge in [0.05, 0.1) is 12.5 Å². The standard InChI is InChI=1S/C15H16O4/c1-14(2)6-5-10(16)15-9(14)4-3-8-7-18-12(11(8)15)19-13(15)17/h3,5-6,9,11-12H,4,7H2,1-2H3. The molecular formula is C15H16O4. The van der Waals surface area contributed by atoms with Gasteiger partial charge in [0.25, 0.3) is 0 Å². The average Bonchev–Trinajstić information content (AvgIpc) is 2.89. The van der Waals surface area contributed by atoms with Crippen molar-refractivity contribution < 1.29 is 19.1 Å². The van der Waals surface area contributed by atoms with Crippen LogP contribution in [0.25, 0.3) is 0 Å². The van der Waals surface area contributed by atoms with Crippen LogP contribution in [0.5, 0.6) is 0 Å². The van der Waals surface area contributed by atoms with Gasteiger partial charge >= 0.3 is 5.97 Å². The Labute approximate surface area is 111 Å². The van der Waals surface area contributed by atoms with Crippen molar-refractivity contribution in [2.45, 2.75) is 26.6 Å². The van der Waals surface area contributed by atoms with Gasteiger partial charge in [-0.1, -0.05) is 26.0 Å². The summed E-state index contributed by atoms with van der Waals surface area (Å²) in [5, 5.41) is 0. The van der Waals surface area contributed by atoms with Crippen molar-refractivity contribution in [3.05, 3.63) is 23.8 Å². The highest BCUT2D eigenvalue weighted by Crippen LogP contribution is 2.62.